The number of aryl methyl sites for hydroxylation is 2. The SMILES string of the molecule is Cc1cc(CCNC(=O)Cc2nc(-c3ccccc3Cl)oc2C)no1. The number of halogens is 1. The highest BCUT2D eigenvalue weighted by Gasteiger charge is 2.16. The van der Waals surface area contributed by atoms with Gasteiger partial charge in [-0.2, -0.15) is 0 Å². The molecule has 1 amide bonds. The third-order valence-electron chi connectivity index (χ3n) is 3.71. The highest BCUT2D eigenvalue weighted by Crippen LogP contribution is 2.28. The summed E-state index contributed by atoms with van der Waals surface area (Å²) in [5, 5.41) is 7.30. The summed E-state index contributed by atoms with van der Waals surface area (Å²) in [6.07, 6.45) is 0.767. The Morgan fingerprint density at radius 1 is 1.28 bits per heavy atom. The summed E-state index contributed by atoms with van der Waals surface area (Å²) in [6.45, 7) is 4.10. The first-order chi connectivity index (χ1) is 12.0. The molecule has 0 aliphatic carbocycles. The molecule has 7 heteroatoms. The minimum Gasteiger partial charge on any atom is -0.441 e. The Morgan fingerprint density at radius 2 is 2.08 bits per heavy atom. The fraction of sp³-hybridized carbons (Fsp3) is 0.278. The van der Waals surface area contributed by atoms with Crippen molar-refractivity contribution in [3.05, 3.63) is 58.3 Å². The lowest BCUT2D eigenvalue weighted by atomic mass is 10.2. The summed E-state index contributed by atoms with van der Waals surface area (Å²) in [4.78, 5) is 16.5. The van der Waals surface area contributed by atoms with Gasteiger partial charge in [-0.1, -0.05) is 28.9 Å². The van der Waals surface area contributed by atoms with E-state index >= 15 is 0 Å². The van der Waals surface area contributed by atoms with E-state index in [4.69, 9.17) is 20.5 Å². The third kappa shape index (κ3) is 4.28. The molecule has 0 atom stereocenters. The zero-order chi connectivity index (χ0) is 17.8. The molecule has 0 bridgehead atoms. The molecule has 6 nitrogen and oxygen atoms in total. The van der Waals surface area contributed by atoms with Gasteiger partial charge in [-0.05, 0) is 26.0 Å². The van der Waals surface area contributed by atoms with Gasteiger partial charge < -0.3 is 14.3 Å². The van der Waals surface area contributed by atoms with Gasteiger partial charge in [-0.3, -0.25) is 4.79 Å². The summed E-state index contributed by atoms with van der Waals surface area (Å²) in [5.41, 5.74) is 2.13. The maximum absolute atomic E-state index is 12.1. The second kappa shape index (κ2) is 7.53. The Hall–Kier alpha value is -2.60. The fourth-order valence-electron chi connectivity index (χ4n) is 2.42. The van der Waals surface area contributed by atoms with E-state index < -0.39 is 0 Å². The van der Waals surface area contributed by atoms with Crippen LogP contribution in [-0.4, -0.2) is 22.6 Å². The smallest absolute Gasteiger partial charge is 0.228 e. The highest BCUT2D eigenvalue weighted by atomic mass is 35.5. The van der Waals surface area contributed by atoms with Crippen LogP contribution in [0.5, 0.6) is 0 Å². The number of amides is 1. The van der Waals surface area contributed by atoms with Gasteiger partial charge in [-0.15, -0.1) is 0 Å². The Balaban J connectivity index is 1.59. The van der Waals surface area contributed by atoms with Crippen LogP contribution in [0.25, 0.3) is 11.5 Å². The molecule has 0 saturated heterocycles. The predicted molar refractivity (Wildman–Crippen MR) is 93.3 cm³/mol. The van der Waals surface area contributed by atoms with Crippen LogP contribution in [-0.2, 0) is 17.6 Å². The predicted octanol–water partition coefficient (Wildman–Crippen LogP) is 3.50. The van der Waals surface area contributed by atoms with E-state index in [0.717, 1.165) is 11.5 Å². The lowest BCUT2D eigenvalue weighted by Crippen LogP contribution is -2.27. The molecule has 0 unspecified atom stereocenters. The van der Waals surface area contributed by atoms with Gasteiger partial charge in [0.1, 0.15) is 11.5 Å². The summed E-state index contributed by atoms with van der Waals surface area (Å²) < 4.78 is 10.7. The van der Waals surface area contributed by atoms with Crippen LogP contribution < -0.4 is 5.32 Å². The first-order valence-corrected chi connectivity index (χ1v) is 8.31. The molecule has 0 spiro atoms. The third-order valence-corrected chi connectivity index (χ3v) is 4.03. The number of hydrogen-bond donors (Lipinski definition) is 1. The van der Waals surface area contributed by atoms with Crippen molar-refractivity contribution in [1.82, 2.24) is 15.5 Å². The molecule has 0 saturated carbocycles. The van der Waals surface area contributed by atoms with Crippen LogP contribution in [0.4, 0.5) is 0 Å². The summed E-state index contributed by atoms with van der Waals surface area (Å²) in [6, 6.07) is 9.15. The molecule has 0 aliphatic heterocycles. The molecule has 0 aliphatic rings. The van der Waals surface area contributed by atoms with Gasteiger partial charge in [0.15, 0.2) is 0 Å². The van der Waals surface area contributed by atoms with E-state index in [-0.39, 0.29) is 12.3 Å². The minimum atomic E-state index is -0.123. The standard InChI is InChI=1S/C18H18ClN3O3/c1-11-9-13(22-25-11)7-8-20-17(23)10-16-12(2)24-18(21-16)14-5-3-4-6-15(14)19/h3-6,9H,7-8,10H2,1-2H3,(H,20,23). The topological polar surface area (TPSA) is 81.2 Å². The number of nitrogens with zero attached hydrogens (tertiary/aromatic N) is 2. The van der Waals surface area contributed by atoms with Crippen LogP contribution in [0.3, 0.4) is 0 Å². The quantitative estimate of drug-likeness (QED) is 0.728. The summed E-state index contributed by atoms with van der Waals surface area (Å²) >= 11 is 6.16. The molecule has 0 fully saturated rings. The Bertz CT molecular complexity index is 885. The number of oxazole rings is 1. The van der Waals surface area contributed by atoms with Gasteiger partial charge in [0, 0.05) is 19.0 Å². The number of benzene rings is 1. The van der Waals surface area contributed by atoms with Crippen molar-refractivity contribution in [3.8, 4) is 11.5 Å². The normalized spacial score (nSPS) is 10.8. The van der Waals surface area contributed by atoms with Crippen molar-refractivity contribution in [3.63, 3.8) is 0 Å². The van der Waals surface area contributed by atoms with Crippen molar-refractivity contribution < 1.29 is 13.7 Å². The van der Waals surface area contributed by atoms with Gasteiger partial charge in [-0.25, -0.2) is 4.98 Å². The lowest BCUT2D eigenvalue weighted by Gasteiger charge is -2.02. The number of aromatic nitrogens is 2. The minimum absolute atomic E-state index is 0.123. The molecule has 0 radical (unpaired) electrons. The van der Waals surface area contributed by atoms with E-state index in [1.807, 2.05) is 31.2 Å². The zero-order valence-corrected chi connectivity index (χ0v) is 14.8. The van der Waals surface area contributed by atoms with E-state index in [1.165, 1.54) is 0 Å². The zero-order valence-electron chi connectivity index (χ0n) is 14.0. The first kappa shape index (κ1) is 17.2. The van der Waals surface area contributed by atoms with Crippen molar-refractivity contribution >= 4 is 17.5 Å². The van der Waals surface area contributed by atoms with Crippen LogP contribution in [0.15, 0.2) is 39.3 Å². The molecule has 3 aromatic rings. The van der Waals surface area contributed by atoms with Crippen molar-refractivity contribution in [2.75, 3.05) is 6.54 Å². The Labute approximate surface area is 150 Å². The molecular formula is C18H18ClN3O3. The van der Waals surface area contributed by atoms with Gasteiger partial charge in [0.05, 0.1) is 28.4 Å². The average Bonchev–Trinajstić information content (AvgIpc) is 3.14. The average molecular weight is 360 g/mol. The second-order valence-corrected chi connectivity index (χ2v) is 6.11. The first-order valence-electron chi connectivity index (χ1n) is 7.93. The molecule has 130 valence electrons. The van der Waals surface area contributed by atoms with Crippen LogP contribution in [0, 0.1) is 13.8 Å². The van der Waals surface area contributed by atoms with E-state index in [1.54, 1.807) is 13.0 Å². The molecule has 1 aromatic carbocycles. The number of carbonyl (C=O) groups excluding carboxylic acids is 1. The molecule has 3 rings (SSSR count). The maximum atomic E-state index is 12.1. The second-order valence-electron chi connectivity index (χ2n) is 5.71. The highest BCUT2D eigenvalue weighted by molar-refractivity contribution is 6.33. The molecular weight excluding hydrogens is 342 g/mol. The molecule has 25 heavy (non-hydrogen) atoms. The number of carbonyl (C=O) groups is 1. The van der Waals surface area contributed by atoms with Crippen LogP contribution in [0.2, 0.25) is 5.02 Å². The van der Waals surface area contributed by atoms with E-state index in [2.05, 4.69) is 15.5 Å². The Morgan fingerprint density at radius 3 is 2.80 bits per heavy atom. The molecule has 1 N–H and O–H groups in total. The van der Waals surface area contributed by atoms with Gasteiger partial charge in [0.25, 0.3) is 0 Å². The lowest BCUT2D eigenvalue weighted by molar-refractivity contribution is -0.120. The van der Waals surface area contributed by atoms with Crippen molar-refractivity contribution in [1.29, 1.82) is 0 Å². The monoisotopic (exact) mass is 359 g/mol. The summed E-state index contributed by atoms with van der Waals surface area (Å²) in [5.74, 6) is 1.66. The van der Waals surface area contributed by atoms with Crippen molar-refractivity contribution in [2.45, 2.75) is 26.7 Å². The largest absolute Gasteiger partial charge is 0.441 e. The number of hydrogen-bond acceptors (Lipinski definition) is 5. The molecule has 2 heterocycles. The summed E-state index contributed by atoms with van der Waals surface area (Å²) in [7, 11) is 0. The van der Waals surface area contributed by atoms with E-state index in [9.17, 15) is 4.79 Å². The van der Waals surface area contributed by atoms with Crippen LogP contribution in [0.1, 0.15) is 22.9 Å². The maximum Gasteiger partial charge on any atom is 0.228 e. The Kier molecular flexibility index (Phi) is 5.19. The number of rotatable bonds is 6. The fourth-order valence-corrected chi connectivity index (χ4v) is 2.64. The number of nitrogens with one attached hydrogen (secondary N) is 1. The van der Waals surface area contributed by atoms with Gasteiger partial charge in [0.2, 0.25) is 11.8 Å². The molecule has 2 aromatic heterocycles. The van der Waals surface area contributed by atoms with Crippen LogP contribution >= 0.6 is 11.6 Å². The van der Waals surface area contributed by atoms with Gasteiger partial charge >= 0.3 is 0 Å². The van der Waals surface area contributed by atoms with E-state index in [0.29, 0.717) is 40.9 Å². The van der Waals surface area contributed by atoms with Crippen molar-refractivity contribution in [2.24, 2.45) is 0 Å².